The van der Waals surface area contributed by atoms with E-state index in [0.29, 0.717) is 5.65 Å². The molecule has 1 saturated carbocycles. The molecule has 2 heterocycles. The number of benzene rings is 1. The van der Waals surface area contributed by atoms with E-state index in [2.05, 4.69) is 22.1 Å². The third kappa shape index (κ3) is 3.48. The molecule has 2 aromatic heterocycles. The number of hydrogen-bond acceptors (Lipinski definition) is 5. The van der Waals surface area contributed by atoms with Gasteiger partial charge in [0.15, 0.2) is 0 Å². The molecule has 7 nitrogen and oxygen atoms in total. The molecule has 1 unspecified atom stereocenters. The van der Waals surface area contributed by atoms with Crippen LogP contribution in [-0.4, -0.2) is 20.5 Å². The molecule has 0 aliphatic heterocycles. The number of aromatic amines is 1. The minimum Gasteiger partial charge on any atom is -0.454 e. The van der Waals surface area contributed by atoms with E-state index in [4.69, 9.17) is 4.74 Å². The molecule has 1 atom stereocenters. The van der Waals surface area contributed by atoms with Crippen molar-refractivity contribution in [2.24, 2.45) is 0 Å². The van der Waals surface area contributed by atoms with Gasteiger partial charge in [0.2, 0.25) is 0 Å². The summed E-state index contributed by atoms with van der Waals surface area (Å²) >= 11 is 0. The Bertz CT molecular complexity index is 1230. The van der Waals surface area contributed by atoms with Crippen LogP contribution >= 0.6 is 0 Å². The standard InChI is InChI=1S/C22H23N3O4/c1-11-7-12(2)18(13(3)8-11)14(4)29-21(27)15-9-17-19(23-10-15)25(16-5-6-16)22(28)24-20(17)26/h7-10,14,16H,5-6H2,1-4H3,(H,24,26,28). The van der Waals surface area contributed by atoms with Gasteiger partial charge in [-0.1, -0.05) is 17.7 Å². The van der Waals surface area contributed by atoms with Crippen molar-refractivity contribution < 1.29 is 9.53 Å². The fraction of sp³-hybridized carbons (Fsp3) is 0.364. The number of carbonyl (C=O) groups excluding carboxylic acids is 1. The Hall–Kier alpha value is -3.22. The first-order valence-electron chi connectivity index (χ1n) is 9.69. The van der Waals surface area contributed by atoms with Crippen molar-refractivity contribution >= 4 is 17.0 Å². The quantitative estimate of drug-likeness (QED) is 0.687. The van der Waals surface area contributed by atoms with Crippen LogP contribution in [0.25, 0.3) is 11.0 Å². The van der Waals surface area contributed by atoms with Crippen LogP contribution in [0.15, 0.2) is 34.0 Å². The molecule has 0 bridgehead atoms. The Morgan fingerprint density at radius 3 is 2.45 bits per heavy atom. The highest BCUT2D eigenvalue weighted by atomic mass is 16.5. The monoisotopic (exact) mass is 393 g/mol. The SMILES string of the molecule is Cc1cc(C)c(C(C)OC(=O)c2cnc3c(c2)c(=O)[nH]c(=O)n3C2CC2)c(C)c1. The first-order chi connectivity index (χ1) is 13.8. The summed E-state index contributed by atoms with van der Waals surface area (Å²) in [6.07, 6.45) is 2.67. The fourth-order valence-electron chi connectivity index (χ4n) is 4.04. The van der Waals surface area contributed by atoms with E-state index in [1.165, 1.54) is 16.8 Å². The predicted molar refractivity (Wildman–Crippen MR) is 109 cm³/mol. The maximum absolute atomic E-state index is 12.7. The van der Waals surface area contributed by atoms with Crippen molar-refractivity contribution in [2.75, 3.05) is 0 Å². The maximum Gasteiger partial charge on any atom is 0.340 e. The van der Waals surface area contributed by atoms with Gasteiger partial charge in [-0.3, -0.25) is 14.3 Å². The second kappa shape index (κ2) is 6.99. The Kier molecular flexibility index (Phi) is 4.61. The highest BCUT2D eigenvalue weighted by molar-refractivity contribution is 5.93. The van der Waals surface area contributed by atoms with E-state index < -0.39 is 23.3 Å². The van der Waals surface area contributed by atoms with Crippen LogP contribution in [0.3, 0.4) is 0 Å². The summed E-state index contributed by atoms with van der Waals surface area (Å²) in [5.41, 5.74) is 3.71. The van der Waals surface area contributed by atoms with Gasteiger partial charge < -0.3 is 4.74 Å². The van der Waals surface area contributed by atoms with Crippen molar-refractivity contribution in [1.82, 2.24) is 14.5 Å². The molecule has 4 rings (SSSR count). The van der Waals surface area contributed by atoms with Crippen LogP contribution in [0.4, 0.5) is 0 Å². The maximum atomic E-state index is 12.7. The molecular weight excluding hydrogens is 370 g/mol. The summed E-state index contributed by atoms with van der Waals surface area (Å²) in [4.78, 5) is 43.7. The van der Waals surface area contributed by atoms with Crippen LogP contribution in [0.5, 0.6) is 0 Å². The van der Waals surface area contributed by atoms with Gasteiger partial charge in [0.1, 0.15) is 11.8 Å². The molecule has 29 heavy (non-hydrogen) atoms. The third-order valence-electron chi connectivity index (χ3n) is 5.35. The smallest absolute Gasteiger partial charge is 0.340 e. The summed E-state index contributed by atoms with van der Waals surface area (Å²) in [6.45, 7) is 7.84. The second-order valence-electron chi connectivity index (χ2n) is 7.82. The predicted octanol–water partition coefficient (Wildman–Crippen LogP) is 3.26. The van der Waals surface area contributed by atoms with Gasteiger partial charge in [-0.25, -0.2) is 14.6 Å². The number of aryl methyl sites for hydroxylation is 3. The number of carbonyl (C=O) groups is 1. The largest absolute Gasteiger partial charge is 0.454 e. The first-order valence-corrected chi connectivity index (χ1v) is 9.69. The third-order valence-corrected chi connectivity index (χ3v) is 5.35. The van der Waals surface area contributed by atoms with Gasteiger partial charge in [-0.15, -0.1) is 0 Å². The minimum atomic E-state index is -0.560. The van der Waals surface area contributed by atoms with Crippen LogP contribution in [-0.2, 0) is 4.74 Å². The van der Waals surface area contributed by atoms with Crippen LogP contribution in [0.2, 0.25) is 0 Å². The molecular formula is C22H23N3O4. The number of nitrogens with zero attached hydrogens (tertiary/aromatic N) is 2. The summed E-state index contributed by atoms with van der Waals surface area (Å²) < 4.78 is 7.16. The molecule has 1 fully saturated rings. The number of hydrogen-bond donors (Lipinski definition) is 1. The van der Waals surface area contributed by atoms with Gasteiger partial charge in [0.25, 0.3) is 5.56 Å². The molecule has 1 aromatic carbocycles. The number of aromatic nitrogens is 3. The molecule has 3 aromatic rings. The van der Waals surface area contributed by atoms with Crippen LogP contribution < -0.4 is 11.2 Å². The number of H-pyrrole nitrogens is 1. The minimum absolute atomic E-state index is 0.0552. The summed E-state index contributed by atoms with van der Waals surface area (Å²) in [6, 6.07) is 5.62. The van der Waals surface area contributed by atoms with Gasteiger partial charge >= 0.3 is 11.7 Å². The lowest BCUT2D eigenvalue weighted by atomic mass is 9.96. The van der Waals surface area contributed by atoms with E-state index in [1.54, 1.807) is 0 Å². The number of ether oxygens (including phenoxy) is 1. The lowest BCUT2D eigenvalue weighted by Crippen LogP contribution is -2.30. The van der Waals surface area contributed by atoms with Gasteiger partial charge in [-0.05, 0) is 63.3 Å². The number of pyridine rings is 1. The van der Waals surface area contributed by atoms with Crippen molar-refractivity contribution in [3.05, 3.63) is 73.1 Å². The molecule has 1 aliphatic rings. The Balaban J connectivity index is 1.68. The molecule has 0 spiro atoms. The number of rotatable bonds is 4. The zero-order valence-corrected chi connectivity index (χ0v) is 16.9. The van der Waals surface area contributed by atoms with E-state index in [1.807, 2.05) is 27.7 Å². The highest BCUT2D eigenvalue weighted by Gasteiger charge is 2.28. The lowest BCUT2D eigenvalue weighted by Gasteiger charge is -2.19. The van der Waals surface area contributed by atoms with E-state index in [-0.39, 0.29) is 17.0 Å². The molecule has 0 amide bonds. The Labute approximate surface area is 167 Å². The summed E-state index contributed by atoms with van der Waals surface area (Å²) in [5.74, 6) is -0.560. The fourth-order valence-corrected chi connectivity index (χ4v) is 4.04. The van der Waals surface area contributed by atoms with Gasteiger partial charge in [0.05, 0.1) is 10.9 Å². The van der Waals surface area contributed by atoms with Crippen molar-refractivity contribution in [1.29, 1.82) is 0 Å². The molecule has 0 saturated heterocycles. The molecule has 150 valence electrons. The first kappa shape index (κ1) is 19.1. The zero-order chi connectivity index (χ0) is 20.9. The average molecular weight is 393 g/mol. The Morgan fingerprint density at radius 2 is 1.83 bits per heavy atom. The van der Waals surface area contributed by atoms with Crippen LogP contribution in [0, 0.1) is 20.8 Å². The zero-order valence-electron chi connectivity index (χ0n) is 16.9. The van der Waals surface area contributed by atoms with E-state index in [9.17, 15) is 14.4 Å². The highest BCUT2D eigenvalue weighted by Crippen LogP contribution is 2.34. The van der Waals surface area contributed by atoms with Crippen molar-refractivity contribution in [2.45, 2.75) is 52.7 Å². The van der Waals surface area contributed by atoms with Crippen molar-refractivity contribution in [3.8, 4) is 0 Å². The average Bonchev–Trinajstić information content (AvgIpc) is 3.45. The van der Waals surface area contributed by atoms with E-state index in [0.717, 1.165) is 35.1 Å². The Morgan fingerprint density at radius 1 is 1.17 bits per heavy atom. The van der Waals surface area contributed by atoms with Crippen LogP contribution in [0.1, 0.15) is 64.5 Å². The topological polar surface area (TPSA) is 94.1 Å². The second-order valence-corrected chi connectivity index (χ2v) is 7.82. The molecule has 7 heteroatoms. The lowest BCUT2D eigenvalue weighted by molar-refractivity contribution is 0.0335. The normalized spacial score (nSPS) is 14.8. The van der Waals surface area contributed by atoms with Gasteiger partial charge in [0, 0.05) is 12.2 Å². The van der Waals surface area contributed by atoms with E-state index >= 15 is 0 Å². The molecule has 1 N–H and O–H groups in total. The van der Waals surface area contributed by atoms with Crippen molar-refractivity contribution in [3.63, 3.8) is 0 Å². The molecule has 1 aliphatic carbocycles. The number of fused-ring (bicyclic) bond motifs is 1. The summed E-state index contributed by atoms with van der Waals surface area (Å²) in [7, 11) is 0. The number of nitrogens with one attached hydrogen (secondary N) is 1. The molecule has 0 radical (unpaired) electrons. The number of esters is 1. The summed E-state index contributed by atoms with van der Waals surface area (Å²) in [5, 5.41) is 0.210. The van der Waals surface area contributed by atoms with Gasteiger partial charge in [-0.2, -0.15) is 0 Å².